The lowest BCUT2D eigenvalue weighted by molar-refractivity contribution is 0.179. The highest BCUT2D eigenvalue weighted by atomic mass is 32.2. The Labute approximate surface area is 145 Å². The van der Waals surface area contributed by atoms with E-state index >= 15 is 0 Å². The SMILES string of the molecule is CC1CCN(CC[C@H]2CCCN2S(=O)(=O)c2ccccc2O)CC1. The minimum absolute atomic E-state index is 0.0312. The zero-order chi connectivity index (χ0) is 17.2. The maximum atomic E-state index is 12.9. The molecule has 3 rings (SSSR count). The molecule has 0 amide bonds. The average molecular weight is 353 g/mol. The van der Waals surface area contributed by atoms with Crippen LogP contribution in [0.2, 0.25) is 0 Å². The van der Waals surface area contributed by atoms with E-state index < -0.39 is 10.0 Å². The number of hydrogen-bond donors (Lipinski definition) is 1. The van der Waals surface area contributed by atoms with Gasteiger partial charge >= 0.3 is 0 Å². The van der Waals surface area contributed by atoms with Gasteiger partial charge in [0.2, 0.25) is 10.0 Å². The van der Waals surface area contributed by atoms with Gasteiger partial charge in [-0.15, -0.1) is 0 Å². The first kappa shape index (κ1) is 17.7. The Kier molecular flexibility index (Phi) is 5.47. The minimum Gasteiger partial charge on any atom is -0.507 e. The van der Waals surface area contributed by atoms with Crippen molar-refractivity contribution in [2.45, 2.75) is 50.0 Å². The lowest BCUT2D eigenvalue weighted by Crippen LogP contribution is -2.40. The summed E-state index contributed by atoms with van der Waals surface area (Å²) in [5.41, 5.74) is 0. The Hall–Kier alpha value is -1.11. The Morgan fingerprint density at radius 1 is 1.12 bits per heavy atom. The van der Waals surface area contributed by atoms with Gasteiger partial charge in [-0.05, 0) is 69.8 Å². The summed E-state index contributed by atoms with van der Waals surface area (Å²) in [6.45, 7) is 6.07. The molecule has 1 aromatic carbocycles. The third kappa shape index (κ3) is 3.76. The largest absolute Gasteiger partial charge is 0.507 e. The van der Waals surface area contributed by atoms with E-state index in [9.17, 15) is 13.5 Å². The number of phenols is 1. The Balaban J connectivity index is 1.66. The molecule has 2 fully saturated rings. The molecule has 2 aliphatic rings. The van der Waals surface area contributed by atoms with Crippen molar-refractivity contribution in [1.82, 2.24) is 9.21 Å². The van der Waals surface area contributed by atoms with Crippen molar-refractivity contribution in [3.05, 3.63) is 24.3 Å². The van der Waals surface area contributed by atoms with Gasteiger partial charge in [-0.3, -0.25) is 0 Å². The van der Waals surface area contributed by atoms with Crippen LogP contribution in [0.25, 0.3) is 0 Å². The lowest BCUT2D eigenvalue weighted by atomic mass is 9.99. The monoisotopic (exact) mass is 352 g/mol. The van der Waals surface area contributed by atoms with Gasteiger partial charge in [0.15, 0.2) is 0 Å². The zero-order valence-electron chi connectivity index (χ0n) is 14.4. The van der Waals surface area contributed by atoms with Crippen LogP contribution in [0.4, 0.5) is 0 Å². The normalized spacial score (nSPS) is 24.5. The van der Waals surface area contributed by atoms with Gasteiger partial charge in [0, 0.05) is 12.6 Å². The predicted molar refractivity (Wildman–Crippen MR) is 94.5 cm³/mol. The summed E-state index contributed by atoms with van der Waals surface area (Å²) in [4.78, 5) is 2.49. The van der Waals surface area contributed by atoms with Crippen LogP contribution in [-0.2, 0) is 10.0 Å². The molecular weight excluding hydrogens is 324 g/mol. The maximum Gasteiger partial charge on any atom is 0.246 e. The quantitative estimate of drug-likeness (QED) is 0.885. The molecule has 1 atom stereocenters. The van der Waals surface area contributed by atoms with Crippen molar-refractivity contribution >= 4 is 10.0 Å². The zero-order valence-corrected chi connectivity index (χ0v) is 15.2. The number of likely N-dealkylation sites (tertiary alicyclic amines) is 1. The van der Waals surface area contributed by atoms with Gasteiger partial charge in [0.1, 0.15) is 10.6 Å². The van der Waals surface area contributed by atoms with E-state index in [1.165, 1.54) is 25.0 Å². The molecule has 24 heavy (non-hydrogen) atoms. The summed E-state index contributed by atoms with van der Waals surface area (Å²) in [6, 6.07) is 6.28. The van der Waals surface area contributed by atoms with Gasteiger partial charge < -0.3 is 10.0 Å². The smallest absolute Gasteiger partial charge is 0.246 e. The first-order valence-electron chi connectivity index (χ1n) is 9.00. The molecule has 0 aliphatic carbocycles. The standard InChI is InChI=1S/C18H28N2O3S/c1-15-8-12-19(13-9-15)14-10-16-5-4-11-20(16)24(22,23)18-7-3-2-6-17(18)21/h2-3,6-7,15-16,21H,4-5,8-14H2,1H3/t16-/m1/s1. The molecule has 0 spiro atoms. The molecule has 6 heteroatoms. The number of rotatable bonds is 5. The van der Waals surface area contributed by atoms with E-state index in [0.717, 1.165) is 44.8 Å². The number of aromatic hydroxyl groups is 1. The molecule has 1 N–H and O–H groups in total. The summed E-state index contributed by atoms with van der Waals surface area (Å²) in [5.74, 6) is 0.652. The van der Waals surface area contributed by atoms with Crippen LogP contribution in [0.15, 0.2) is 29.2 Å². The van der Waals surface area contributed by atoms with Crippen molar-refractivity contribution in [1.29, 1.82) is 0 Å². The highest BCUT2D eigenvalue weighted by molar-refractivity contribution is 7.89. The van der Waals surface area contributed by atoms with Crippen LogP contribution in [0.3, 0.4) is 0 Å². The second-order valence-corrected chi connectivity index (χ2v) is 9.05. The van der Waals surface area contributed by atoms with Gasteiger partial charge in [0.25, 0.3) is 0 Å². The molecule has 134 valence electrons. The molecule has 2 aliphatic heterocycles. The average Bonchev–Trinajstić information content (AvgIpc) is 3.04. The molecule has 2 heterocycles. The fourth-order valence-corrected chi connectivity index (χ4v) is 5.64. The van der Waals surface area contributed by atoms with Crippen LogP contribution in [0.1, 0.15) is 39.0 Å². The third-order valence-electron chi connectivity index (χ3n) is 5.43. The van der Waals surface area contributed by atoms with Crippen LogP contribution < -0.4 is 0 Å². The van der Waals surface area contributed by atoms with E-state index in [1.807, 2.05) is 0 Å². The predicted octanol–water partition coefficient (Wildman–Crippen LogP) is 2.67. The number of nitrogens with zero attached hydrogens (tertiary/aromatic N) is 2. The van der Waals surface area contributed by atoms with Crippen molar-refractivity contribution in [3.8, 4) is 5.75 Å². The third-order valence-corrected chi connectivity index (χ3v) is 7.43. The number of piperidine rings is 1. The number of hydrogen-bond acceptors (Lipinski definition) is 4. The minimum atomic E-state index is -3.62. The van der Waals surface area contributed by atoms with Crippen LogP contribution >= 0.6 is 0 Å². The molecular formula is C18H28N2O3S. The van der Waals surface area contributed by atoms with Crippen molar-refractivity contribution in [3.63, 3.8) is 0 Å². The highest BCUT2D eigenvalue weighted by Gasteiger charge is 2.36. The molecule has 2 saturated heterocycles. The molecule has 0 unspecified atom stereocenters. The fourth-order valence-electron chi connectivity index (χ4n) is 3.83. The fraction of sp³-hybridized carbons (Fsp3) is 0.667. The van der Waals surface area contributed by atoms with Gasteiger partial charge in [-0.1, -0.05) is 19.1 Å². The number of sulfonamides is 1. The highest BCUT2D eigenvalue weighted by Crippen LogP contribution is 2.32. The molecule has 0 radical (unpaired) electrons. The molecule has 0 saturated carbocycles. The van der Waals surface area contributed by atoms with E-state index in [-0.39, 0.29) is 16.7 Å². The van der Waals surface area contributed by atoms with E-state index in [4.69, 9.17) is 0 Å². The summed E-state index contributed by atoms with van der Waals surface area (Å²) < 4.78 is 27.4. The Morgan fingerprint density at radius 3 is 2.54 bits per heavy atom. The van der Waals surface area contributed by atoms with Crippen LogP contribution in [-0.4, -0.2) is 55.0 Å². The van der Waals surface area contributed by atoms with Crippen molar-refractivity contribution in [2.75, 3.05) is 26.2 Å². The maximum absolute atomic E-state index is 12.9. The van der Waals surface area contributed by atoms with Crippen LogP contribution in [0, 0.1) is 5.92 Å². The summed E-state index contributed by atoms with van der Waals surface area (Å²) in [5, 5.41) is 9.94. The van der Waals surface area contributed by atoms with E-state index in [2.05, 4.69) is 11.8 Å². The van der Waals surface area contributed by atoms with E-state index in [0.29, 0.717) is 6.54 Å². The Morgan fingerprint density at radius 2 is 1.83 bits per heavy atom. The van der Waals surface area contributed by atoms with Gasteiger partial charge in [-0.25, -0.2) is 8.42 Å². The molecule has 1 aromatic rings. The number of phenolic OH excluding ortho intramolecular Hbond substituents is 1. The molecule has 0 aromatic heterocycles. The topological polar surface area (TPSA) is 60.9 Å². The van der Waals surface area contributed by atoms with Gasteiger partial charge in [0.05, 0.1) is 0 Å². The summed E-state index contributed by atoms with van der Waals surface area (Å²) >= 11 is 0. The summed E-state index contributed by atoms with van der Waals surface area (Å²) in [6.07, 6.45) is 5.17. The van der Waals surface area contributed by atoms with Crippen molar-refractivity contribution < 1.29 is 13.5 Å². The molecule has 0 bridgehead atoms. The second-order valence-electron chi connectivity index (χ2n) is 7.19. The lowest BCUT2D eigenvalue weighted by Gasteiger charge is -2.32. The number of benzene rings is 1. The van der Waals surface area contributed by atoms with Gasteiger partial charge in [-0.2, -0.15) is 4.31 Å². The number of para-hydroxylation sites is 1. The van der Waals surface area contributed by atoms with Crippen molar-refractivity contribution in [2.24, 2.45) is 5.92 Å². The van der Waals surface area contributed by atoms with Crippen LogP contribution in [0.5, 0.6) is 5.75 Å². The first-order valence-corrected chi connectivity index (χ1v) is 10.4. The first-order chi connectivity index (χ1) is 11.5. The molecule has 5 nitrogen and oxygen atoms in total. The Bertz CT molecular complexity index is 654. The second kappa shape index (κ2) is 7.42. The van der Waals surface area contributed by atoms with E-state index in [1.54, 1.807) is 16.4 Å². The summed E-state index contributed by atoms with van der Waals surface area (Å²) in [7, 11) is -3.62.